The quantitative estimate of drug-likeness (QED) is 0.676. The molecule has 0 radical (unpaired) electrons. The minimum absolute atomic E-state index is 0.0482. The summed E-state index contributed by atoms with van der Waals surface area (Å²) in [5.74, 6) is 1.65. The van der Waals surface area contributed by atoms with Crippen LogP contribution < -0.4 is 14.8 Å². The van der Waals surface area contributed by atoms with E-state index in [2.05, 4.69) is 22.4 Å². The smallest absolute Gasteiger partial charge is 0.222 e. The standard InChI is InChI=1S/C24H32N2O4/c27-24(10-13-28-21-6-2-1-3-7-21)25-20(18-26-11-4-5-12-26)16-19-8-9-22-23(17-19)30-15-14-29-22/h1-3,6,8-9,17,20-21H,4-5,7,10-16,18H2,(H,25,27)/t20-,21?/m0/s1. The van der Waals surface area contributed by atoms with Crippen molar-refractivity contribution < 1.29 is 19.0 Å². The van der Waals surface area contributed by atoms with Crippen LogP contribution in [0.3, 0.4) is 0 Å². The molecule has 1 aromatic carbocycles. The minimum atomic E-state index is 0.0482. The highest BCUT2D eigenvalue weighted by atomic mass is 16.6. The van der Waals surface area contributed by atoms with Crippen LogP contribution in [0.5, 0.6) is 11.5 Å². The average molecular weight is 413 g/mol. The monoisotopic (exact) mass is 412 g/mol. The highest BCUT2D eigenvalue weighted by Crippen LogP contribution is 2.31. The zero-order chi connectivity index (χ0) is 20.6. The minimum Gasteiger partial charge on any atom is -0.486 e. The molecule has 6 nitrogen and oxygen atoms in total. The van der Waals surface area contributed by atoms with Crippen molar-refractivity contribution in [2.45, 2.75) is 44.2 Å². The Kier molecular flexibility index (Phi) is 7.43. The van der Waals surface area contributed by atoms with Crippen molar-refractivity contribution in [1.29, 1.82) is 0 Å². The van der Waals surface area contributed by atoms with Crippen molar-refractivity contribution in [2.75, 3.05) is 39.5 Å². The van der Waals surface area contributed by atoms with Crippen molar-refractivity contribution in [3.63, 3.8) is 0 Å². The van der Waals surface area contributed by atoms with Crippen LogP contribution in [0.25, 0.3) is 0 Å². The van der Waals surface area contributed by atoms with E-state index in [-0.39, 0.29) is 18.1 Å². The van der Waals surface area contributed by atoms with Crippen LogP contribution in [0.2, 0.25) is 0 Å². The summed E-state index contributed by atoms with van der Waals surface area (Å²) in [6.45, 7) is 4.70. The van der Waals surface area contributed by atoms with Gasteiger partial charge in [-0.25, -0.2) is 0 Å². The molecule has 2 heterocycles. The number of hydrogen-bond donors (Lipinski definition) is 1. The molecule has 0 saturated carbocycles. The van der Waals surface area contributed by atoms with Crippen molar-refractivity contribution in [3.8, 4) is 11.5 Å². The lowest BCUT2D eigenvalue weighted by Gasteiger charge is -2.25. The van der Waals surface area contributed by atoms with Gasteiger partial charge in [-0.15, -0.1) is 0 Å². The molecule has 0 aromatic heterocycles. The molecule has 6 heteroatoms. The number of nitrogens with zero attached hydrogens (tertiary/aromatic N) is 1. The predicted molar refractivity (Wildman–Crippen MR) is 116 cm³/mol. The number of carbonyl (C=O) groups is 1. The Morgan fingerprint density at radius 3 is 2.80 bits per heavy atom. The summed E-state index contributed by atoms with van der Waals surface area (Å²) in [6.07, 6.45) is 12.7. The van der Waals surface area contributed by atoms with Crippen molar-refractivity contribution in [1.82, 2.24) is 10.2 Å². The van der Waals surface area contributed by atoms with E-state index in [0.717, 1.165) is 49.5 Å². The number of fused-ring (bicyclic) bond motifs is 1. The van der Waals surface area contributed by atoms with Crippen LogP contribution in [0.4, 0.5) is 0 Å². The molecule has 4 rings (SSSR count). The summed E-state index contributed by atoms with van der Waals surface area (Å²) < 4.78 is 17.2. The van der Waals surface area contributed by atoms with E-state index in [1.165, 1.54) is 12.8 Å². The fourth-order valence-corrected chi connectivity index (χ4v) is 4.22. The van der Waals surface area contributed by atoms with E-state index >= 15 is 0 Å². The molecule has 162 valence electrons. The van der Waals surface area contributed by atoms with Gasteiger partial charge in [0.05, 0.1) is 12.7 Å². The number of amides is 1. The molecule has 1 aromatic rings. The molecule has 2 atom stereocenters. The normalized spacial score (nSPS) is 21.5. The van der Waals surface area contributed by atoms with Crippen LogP contribution in [-0.4, -0.2) is 62.4 Å². The van der Waals surface area contributed by atoms with Gasteiger partial charge in [0, 0.05) is 19.0 Å². The van der Waals surface area contributed by atoms with Gasteiger partial charge < -0.3 is 24.4 Å². The molecule has 0 spiro atoms. The first kappa shape index (κ1) is 20.9. The third-order valence-corrected chi connectivity index (χ3v) is 5.73. The van der Waals surface area contributed by atoms with Gasteiger partial charge in [-0.3, -0.25) is 4.79 Å². The van der Waals surface area contributed by atoms with Gasteiger partial charge in [0.2, 0.25) is 5.91 Å². The zero-order valence-electron chi connectivity index (χ0n) is 17.6. The largest absolute Gasteiger partial charge is 0.486 e. The van der Waals surface area contributed by atoms with Crippen molar-refractivity contribution in [3.05, 3.63) is 48.1 Å². The second-order valence-corrected chi connectivity index (χ2v) is 8.16. The number of likely N-dealkylation sites (tertiary alicyclic amines) is 1. The molecule has 2 aliphatic heterocycles. The highest BCUT2D eigenvalue weighted by molar-refractivity contribution is 5.76. The molecule has 1 amide bonds. The number of benzene rings is 1. The number of rotatable bonds is 9. The molecule has 1 unspecified atom stereocenters. The third kappa shape index (κ3) is 6.09. The second-order valence-electron chi connectivity index (χ2n) is 8.16. The van der Waals surface area contributed by atoms with Gasteiger partial charge >= 0.3 is 0 Å². The summed E-state index contributed by atoms with van der Waals surface area (Å²) in [7, 11) is 0. The lowest BCUT2D eigenvalue weighted by Crippen LogP contribution is -2.44. The number of hydrogen-bond acceptors (Lipinski definition) is 5. The maximum absolute atomic E-state index is 12.6. The van der Waals surface area contributed by atoms with E-state index in [0.29, 0.717) is 26.2 Å². The van der Waals surface area contributed by atoms with Crippen LogP contribution in [0, 0.1) is 0 Å². The molecule has 30 heavy (non-hydrogen) atoms. The molecular weight excluding hydrogens is 380 g/mol. The molecule has 3 aliphatic rings. The lowest BCUT2D eigenvalue weighted by molar-refractivity contribution is -0.123. The van der Waals surface area contributed by atoms with E-state index in [4.69, 9.17) is 14.2 Å². The summed E-state index contributed by atoms with van der Waals surface area (Å²) in [4.78, 5) is 15.0. The number of allylic oxidation sites excluding steroid dienone is 2. The van der Waals surface area contributed by atoms with Gasteiger partial charge in [-0.05, 0) is 56.5 Å². The Balaban J connectivity index is 1.31. The van der Waals surface area contributed by atoms with E-state index in [9.17, 15) is 4.79 Å². The van der Waals surface area contributed by atoms with Crippen LogP contribution in [-0.2, 0) is 16.0 Å². The fraction of sp³-hybridized carbons (Fsp3) is 0.542. The third-order valence-electron chi connectivity index (χ3n) is 5.73. The second kappa shape index (κ2) is 10.6. The Bertz CT molecular complexity index is 770. The highest BCUT2D eigenvalue weighted by Gasteiger charge is 2.21. The Morgan fingerprint density at radius 2 is 2.00 bits per heavy atom. The van der Waals surface area contributed by atoms with Gasteiger partial charge in [-0.2, -0.15) is 0 Å². The molecule has 1 saturated heterocycles. The van der Waals surface area contributed by atoms with Crippen LogP contribution in [0.15, 0.2) is 42.5 Å². The van der Waals surface area contributed by atoms with Gasteiger partial charge in [0.25, 0.3) is 0 Å². The Hall–Kier alpha value is -2.31. The van der Waals surface area contributed by atoms with Gasteiger partial charge in [0.15, 0.2) is 11.5 Å². The topological polar surface area (TPSA) is 60.0 Å². The summed E-state index contributed by atoms with van der Waals surface area (Å²) in [5, 5.41) is 3.25. The van der Waals surface area contributed by atoms with Crippen molar-refractivity contribution >= 4 is 5.91 Å². The first-order valence-corrected chi connectivity index (χ1v) is 11.1. The van der Waals surface area contributed by atoms with Crippen LogP contribution >= 0.6 is 0 Å². The molecule has 1 aliphatic carbocycles. The number of nitrogens with one attached hydrogen (secondary N) is 1. The Morgan fingerprint density at radius 1 is 1.17 bits per heavy atom. The Labute approximate surface area is 178 Å². The lowest BCUT2D eigenvalue weighted by atomic mass is 10.0. The van der Waals surface area contributed by atoms with Crippen molar-refractivity contribution in [2.24, 2.45) is 0 Å². The fourth-order valence-electron chi connectivity index (χ4n) is 4.22. The van der Waals surface area contributed by atoms with E-state index in [1.54, 1.807) is 0 Å². The average Bonchev–Trinajstić information content (AvgIpc) is 3.27. The predicted octanol–water partition coefficient (Wildman–Crippen LogP) is 2.87. The van der Waals surface area contributed by atoms with Gasteiger partial charge in [0.1, 0.15) is 13.2 Å². The van der Waals surface area contributed by atoms with Gasteiger partial charge in [-0.1, -0.05) is 30.4 Å². The summed E-state index contributed by atoms with van der Waals surface area (Å²) in [5.41, 5.74) is 1.15. The molecule has 1 N–H and O–H groups in total. The van der Waals surface area contributed by atoms with Crippen LogP contribution in [0.1, 0.15) is 31.2 Å². The molecular formula is C24H32N2O4. The SMILES string of the molecule is O=C(CCOC1C=CC=CC1)N[C@@H](Cc1ccc2c(c1)OCCO2)CN1CCCC1. The zero-order valence-corrected chi connectivity index (χ0v) is 17.6. The molecule has 0 bridgehead atoms. The number of carbonyl (C=O) groups excluding carboxylic acids is 1. The van der Waals surface area contributed by atoms with E-state index in [1.807, 2.05) is 30.4 Å². The first-order valence-electron chi connectivity index (χ1n) is 11.1. The maximum atomic E-state index is 12.6. The first-order chi connectivity index (χ1) is 14.8. The molecule has 1 fully saturated rings. The maximum Gasteiger partial charge on any atom is 0.222 e. The van der Waals surface area contributed by atoms with E-state index < -0.39 is 0 Å². The summed E-state index contributed by atoms with van der Waals surface area (Å²) >= 11 is 0. The summed E-state index contributed by atoms with van der Waals surface area (Å²) in [6, 6.07) is 6.15. The number of ether oxygens (including phenoxy) is 3.